The van der Waals surface area contributed by atoms with Gasteiger partial charge in [-0.2, -0.15) is 0 Å². The van der Waals surface area contributed by atoms with Crippen molar-refractivity contribution in [3.05, 3.63) is 27.5 Å². The maximum atomic E-state index is 11.5. The van der Waals surface area contributed by atoms with Crippen LogP contribution in [0.2, 0.25) is 10.0 Å². The van der Waals surface area contributed by atoms with Gasteiger partial charge >= 0.3 is 5.97 Å². The lowest BCUT2D eigenvalue weighted by Crippen LogP contribution is -2.10. The van der Waals surface area contributed by atoms with Crippen LogP contribution in [0.25, 0.3) is 0 Å². The van der Waals surface area contributed by atoms with Crippen LogP contribution in [0.5, 0.6) is 0 Å². The molecule has 1 aromatic rings. The second kappa shape index (κ2) is 5.87. The minimum absolute atomic E-state index is 0.0777. The van der Waals surface area contributed by atoms with Crippen molar-refractivity contribution in [1.29, 1.82) is 0 Å². The number of aliphatic hydroxyl groups excluding tert-OH is 1. The van der Waals surface area contributed by atoms with E-state index in [2.05, 4.69) is 10.9 Å². The molecule has 1 rings (SSSR count). The van der Waals surface area contributed by atoms with Gasteiger partial charge in [-0.1, -0.05) is 29.1 Å². The third-order valence-electron chi connectivity index (χ3n) is 1.91. The first-order valence-corrected chi connectivity index (χ1v) is 5.43. The molecule has 0 saturated heterocycles. The van der Waals surface area contributed by atoms with Crippen LogP contribution in [0.1, 0.15) is 29.1 Å². The molecule has 0 aliphatic carbocycles. The van der Waals surface area contributed by atoms with E-state index in [1.165, 1.54) is 6.20 Å². The van der Waals surface area contributed by atoms with Crippen molar-refractivity contribution in [2.24, 2.45) is 0 Å². The van der Waals surface area contributed by atoms with Crippen LogP contribution in [-0.2, 0) is 4.74 Å². The number of nitrogens with zero attached hydrogens (tertiary/aromatic N) is 1. The Kier molecular flexibility index (Phi) is 4.76. The highest BCUT2D eigenvalue weighted by Gasteiger charge is 2.22. The minimum atomic E-state index is -1.30. The number of halogens is 2. The number of aliphatic hydroxyl groups is 1. The van der Waals surface area contributed by atoms with Gasteiger partial charge in [0.1, 0.15) is 6.10 Å². The van der Waals surface area contributed by atoms with Gasteiger partial charge in [0.2, 0.25) is 0 Å². The smallest absolute Gasteiger partial charge is 0.358 e. The number of pyridine rings is 1. The van der Waals surface area contributed by atoms with E-state index in [4.69, 9.17) is 34.4 Å². The summed E-state index contributed by atoms with van der Waals surface area (Å²) in [5, 5.41) is 9.54. The van der Waals surface area contributed by atoms with E-state index in [9.17, 15) is 9.90 Å². The summed E-state index contributed by atoms with van der Waals surface area (Å²) in [7, 11) is 0. The zero-order chi connectivity index (χ0) is 13.0. The summed E-state index contributed by atoms with van der Waals surface area (Å²) < 4.78 is 4.75. The van der Waals surface area contributed by atoms with E-state index >= 15 is 0 Å². The molecular formula is C11H9Cl2NO3. The van der Waals surface area contributed by atoms with Crippen molar-refractivity contribution in [2.75, 3.05) is 6.61 Å². The topological polar surface area (TPSA) is 59.4 Å². The van der Waals surface area contributed by atoms with Gasteiger partial charge in [-0.3, -0.25) is 0 Å². The van der Waals surface area contributed by atoms with E-state index in [1.54, 1.807) is 6.92 Å². The number of hydrogen-bond acceptors (Lipinski definition) is 4. The van der Waals surface area contributed by atoms with Crippen LogP contribution in [-0.4, -0.2) is 22.7 Å². The van der Waals surface area contributed by atoms with Crippen LogP contribution in [0.15, 0.2) is 6.20 Å². The fourth-order valence-corrected chi connectivity index (χ4v) is 1.78. The number of esters is 1. The van der Waals surface area contributed by atoms with Crippen molar-refractivity contribution in [3.63, 3.8) is 0 Å². The average molecular weight is 274 g/mol. The molecule has 0 aliphatic heterocycles. The zero-order valence-corrected chi connectivity index (χ0v) is 10.4. The third-order valence-corrected chi connectivity index (χ3v) is 2.59. The molecule has 0 aromatic carbocycles. The Labute approximate surface area is 109 Å². The summed E-state index contributed by atoms with van der Waals surface area (Å²) in [4.78, 5) is 15.2. The summed E-state index contributed by atoms with van der Waals surface area (Å²) >= 11 is 11.7. The Morgan fingerprint density at radius 1 is 1.71 bits per heavy atom. The van der Waals surface area contributed by atoms with Crippen molar-refractivity contribution >= 4 is 29.2 Å². The van der Waals surface area contributed by atoms with Crippen LogP contribution in [0.4, 0.5) is 0 Å². The number of carbonyl (C=O) groups excluding carboxylic acids is 1. The predicted molar refractivity (Wildman–Crippen MR) is 64.0 cm³/mol. The van der Waals surface area contributed by atoms with Crippen molar-refractivity contribution in [2.45, 2.75) is 13.0 Å². The summed E-state index contributed by atoms with van der Waals surface area (Å²) in [6.07, 6.45) is 4.96. The second-order valence-corrected chi connectivity index (χ2v) is 3.76. The first-order chi connectivity index (χ1) is 8.02. The highest BCUT2D eigenvalue weighted by molar-refractivity contribution is 6.37. The zero-order valence-electron chi connectivity index (χ0n) is 8.91. The van der Waals surface area contributed by atoms with E-state index < -0.39 is 12.1 Å². The van der Waals surface area contributed by atoms with Gasteiger partial charge in [0.05, 0.1) is 16.7 Å². The molecule has 0 aliphatic rings. The van der Waals surface area contributed by atoms with Gasteiger partial charge in [-0.25, -0.2) is 9.78 Å². The summed E-state index contributed by atoms with van der Waals surface area (Å²) in [6, 6.07) is 0. The lowest BCUT2D eigenvalue weighted by Gasteiger charge is -2.11. The van der Waals surface area contributed by atoms with E-state index in [0.717, 1.165) is 0 Å². The number of rotatable bonds is 3. The highest BCUT2D eigenvalue weighted by Crippen LogP contribution is 2.31. The molecule has 1 atom stereocenters. The molecule has 0 spiro atoms. The minimum Gasteiger partial charge on any atom is -0.461 e. The van der Waals surface area contributed by atoms with Gasteiger partial charge in [0, 0.05) is 11.8 Å². The Balaban J connectivity index is 3.29. The van der Waals surface area contributed by atoms with Gasteiger partial charge in [-0.15, -0.1) is 6.42 Å². The molecule has 90 valence electrons. The molecule has 0 bridgehead atoms. The van der Waals surface area contributed by atoms with Crippen LogP contribution in [0, 0.1) is 12.3 Å². The Hall–Kier alpha value is -1.28. The molecule has 4 nitrogen and oxygen atoms in total. The van der Waals surface area contributed by atoms with Crippen LogP contribution < -0.4 is 0 Å². The normalized spacial score (nSPS) is 11.7. The molecule has 0 amide bonds. The molecule has 1 unspecified atom stereocenters. The molecule has 0 radical (unpaired) electrons. The lowest BCUT2D eigenvalue weighted by molar-refractivity contribution is 0.0519. The number of terminal acetylenes is 1. The van der Waals surface area contributed by atoms with Crippen LogP contribution in [0.3, 0.4) is 0 Å². The van der Waals surface area contributed by atoms with Gasteiger partial charge in [0.25, 0.3) is 0 Å². The SMILES string of the molecule is C#CC(O)c1c(Cl)cnc(C(=O)OCC)c1Cl. The van der Waals surface area contributed by atoms with Crippen molar-refractivity contribution < 1.29 is 14.6 Å². The van der Waals surface area contributed by atoms with E-state index in [0.29, 0.717) is 0 Å². The van der Waals surface area contributed by atoms with E-state index in [-0.39, 0.29) is 27.9 Å². The molecule has 0 fully saturated rings. The maximum Gasteiger partial charge on any atom is 0.358 e. The molecule has 0 saturated carbocycles. The fraction of sp³-hybridized carbons (Fsp3) is 0.273. The largest absolute Gasteiger partial charge is 0.461 e. The van der Waals surface area contributed by atoms with Gasteiger partial charge in [-0.05, 0) is 6.92 Å². The molecular weight excluding hydrogens is 265 g/mol. The van der Waals surface area contributed by atoms with E-state index in [1.807, 2.05) is 0 Å². The second-order valence-electron chi connectivity index (χ2n) is 2.97. The number of ether oxygens (including phenoxy) is 1. The lowest BCUT2D eigenvalue weighted by atomic mass is 10.1. The van der Waals surface area contributed by atoms with Crippen molar-refractivity contribution in [1.82, 2.24) is 4.98 Å². The molecule has 6 heteroatoms. The predicted octanol–water partition coefficient (Wildman–Crippen LogP) is 2.23. The monoisotopic (exact) mass is 273 g/mol. The summed E-state index contributed by atoms with van der Waals surface area (Å²) in [5.41, 5.74) is -0.0453. The Morgan fingerprint density at radius 3 is 2.88 bits per heavy atom. The molecule has 17 heavy (non-hydrogen) atoms. The fourth-order valence-electron chi connectivity index (χ4n) is 1.16. The summed E-state index contributed by atoms with van der Waals surface area (Å²) in [6.45, 7) is 1.84. The quantitative estimate of drug-likeness (QED) is 0.678. The molecule has 1 aromatic heterocycles. The highest BCUT2D eigenvalue weighted by atomic mass is 35.5. The number of hydrogen-bond donors (Lipinski definition) is 1. The Morgan fingerprint density at radius 2 is 2.35 bits per heavy atom. The first-order valence-electron chi connectivity index (χ1n) is 4.68. The average Bonchev–Trinajstić information content (AvgIpc) is 2.29. The van der Waals surface area contributed by atoms with Gasteiger partial charge < -0.3 is 9.84 Å². The number of carbonyl (C=O) groups is 1. The molecule has 1 heterocycles. The number of aromatic nitrogens is 1. The van der Waals surface area contributed by atoms with Crippen LogP contribution >= 0.6 is 23.2 Å². The first kappa shape index (κ1) is 13.8. The Bertz CT molecular complexity index is 482. The van der Waals surface area contributed by atoms with Gasteiger partial charge in [0.15, 0.2) is 5.69 Å². The third kappa shape index (κ3) is 2.89. The molecule has 1 N–H and O–H groups in total. The summed E-state index contributed by atoms with van der Waals surface area (Å²) in [5.74, 6) is 1.37. The van der Waals surface area contributed by atoms with Crippen molar-refractivity contribution in [3.8, 4) is 12.3 Å². The standard InChI is InChI=1S/C11H9Cl2NO3/c1-3-7(15)8-6(12)5-14-10(9(8)13)11(16)17-4-2/h1,5,7,15H,4H2,2H3. The maximum absolute atomic E-state index is 11.5.